The first kappa shape index (κ1) is 13.9. The number of nitrogens with zero attached hydrogens (tertiary/aromatic N) is 1. The maximum Gasteiger partial charge on any atom is 0.123 e. The molecule has 0 aromatic heterocycles. The zero-order valence-electron chi connectivity index (χ0n) is 10.7. The van der Waals surface area contributed by atoms with Gasteiger partial charge < -0.3 is 15.7 Å². The normalized spacial score (nSPS) is 12.9. The number of hydrogen-bond acceptors (Lipinski definition) is 3. The highest BCUT2D eigenvalue weighted by atomic mass is 19.1. The van der Waals surface area contributed by atoms with E-state index in [1.54, 1.807) is 6.07 Å². The Morgan fingerprint density at radius 2 is 2.00 bits per heavy atom. The third-order valence-electron chi connectivity index (χ3n) is 2.75. The lowest BCUT2D eigenvalue weighted by molar-refractivity contribution is 0.299. The molecule has 1 aromatic carbocycles. The number of hydrogen-bond donors (Lipinski definition) is 2. The Hall–Kier alpha value is -1.13. The summed E-state index contributed by atoms with van der Waals surface area (Å²) in [7, 11) is 0. The summed E-state index contributed by atoms with van der Waals surface area (Å²) in [5.74, 6) is -0.284. The monoisotopic (exact) mass is 240 g/mol. The standard InChI is InChI=1S/C13H21FN2O/c1-9(2)16(6-7-17)13-5-4-11(14)8-12(13)10(3)15/h4-5,8-10,17H,6-7,15H2,1-3H3/t10-/m0/s1. The van der Waals surface area contributed by atoms with Gasteiger partial charge in [0.2, 0.25) is 0 Å². The summed E-state index contributed by atoms with van der Waals surface area (Å²) in [4.78, 5) is 2.03. The van der Waals surface area contributed by atoms with Gasteiger partial charge in [-0.1, -0.05) is 0 Å². The van der Waals surface area contributed by atoms with E-state index in [-0.39, 0.29) is 24.5 Å². The molecule has 1 rings (SSSR count). The van der Waals surface area contributed by atoms with Gasteiger partial charge >= 0.3 is 0 Å². The highest BCUT2D eigenvalue weighted by Crippen LogP contribution is 2.27. The molecule has 0 aliphatic heterocycles. The van der Waals surface area contributed by atoms with Crippen molar-refractivity contribution in [2.75, 3.05) is 18.1 Å². The molecule has 3 nitrogen and oxygen atoms in total. The van der Waals surface area contributed by atoms with E-state index in [0.29, 0.717) is 6.54 Å². The molecule has 3 N–H and O–H groups in total. The number of anilines is 1. The SMILES string of the molecule is CC(C)N(CCO)c1ccc(F)cc1[C@H](C)N. The van der Waals surface area contributed by atoms with Crippen LogP contribution < -0.4 is 10.6 Å². The van der Waals surface area contributed by atoms with Crippen molar-refractivity contribution in [2.24, 2.45) is 5.73 Å². The van der Waals surface area contributed by atoms with E-state index < -0.39 is 0 Å². The van der Waals surface area contributed by atoms with Crippen molar-refractivity contribution in [3.05, 3.63) is 29.6 Å². The third kappa shape index (κ3) is 3.41. The fraction of sp³-hybridized carbons (Fsp3) is 0.538. The predicted octanol–water partition coefficient (Wildman–Crippen LogP) is 2.05. The Morgan fingerprint density at radius 3 is 2.47 bits per heavy atom. The van der Waals surface area contributed by atoms with Gasteiger partial charge in [0.15, 0.2) is 0 Å². The van der Waals surface area contributed by atoms with Gasteiger partial charge in [-0.2, -0.15) is 0 Å². The van der Waals surface area contributed by atoms with Gasteiger partial charge in [-0.3, -0.25) is 0 Å². The van der Waals surface area contributed by atoms with E-state index in [1.165, 1.54) is 12.1 Å². The molecular weight excluding hydrogens is 219 g/mol. The van der Waals surface area contributed by atoms with Gasteiger partial charge in [0.05, 0.1) is 6.61 Å². The molecule has 17 heavy (non-hydrogen) atoms. The molecule has 0 spiro atoms. The Morgan fingerprint density at radius 1 is 1.35 bits per heavy atom. The molecule has 0 saturated carbocycles. The quantitative estimate of drug-likeness (QED) is 0.828. The van der Waals surface area contributed by atoms with Crippen molar-refractivity contribution >= 4 is 5.69 Å². The lowest BCUT2D eigenvalue weighted by Crippen LogP contribution is -2.34. The lowest BCUT2D eigenvalue weighted by Gasteiger charge is -2.31. The molecule has 1 aromatic rings. The molecule has 0 radical (unpaired) electrons. The van der Waals surface area contributed by atoms with Crippen LogP contribution in [0.1, 0.15) is 32.4 Å². The van der Waals surface area contributed by atoms with Crippen LogP contribution >= 0.6 is 0 Å². The highest BCUT2D eigenvalue weighted by molar-refractivity contribution is 5.55. The second kappa shape index (κ2) is 5.98. The summed E-state index contributed by atoms with van der Waals surface area (Å²) >= 11 is 0. The zero-order chi connectivity index (χ0) is 13.0. The van der Waals surface area contributed by atoms with Crippen LogP contribution in [-0.2, 0) is 0 Å². The van der Waals surface area contributed by atoms with Crippen LogP contribution in [0.25, 0.3) is 0 Å². The minimum Gasteiger partial charge on any atom is -0.395 e. The van der Waals surface area contributed by atoms with E-state index in [1.807, 2.05) is 25.7 Å². The fourth-order valence-electron chi connectivity index (χ4n) is 1.92. The second-order valence-corrected chi connectivity index (χ2v) is 4.50. The van der Waals surface area contributed by atoms with Crippen molar-refractivity contribution in [3.8, 4) is 0 Å². The van der Waals surface area contributed by atoms with Crippen LogP contribution in [0.3, 0.4) is 0 Å². The molecule has 0 saturated heterocycles. The molecule has 0 amide bonds. The van der Waals surface area contributed by atoms with Crippen molar-refractivity contribution in [1.29, 1.82) is 0 Å². The number of nitrogens with two attached hydrogens (primary N) is 1. The van der Waals surface area contributed by atoms with E-state index in [0.717, 1.165) is 11.3 Å². The van der Waals surface area contributed by atoms with E-state index in [9.17, 15) is 4.39 Å². The van der Waals surface area contributed by atoms with Crippen molar-refractivity contribution in [1.82, 2.24) is 0 Å². The molecular formula is C13H21FN2O. The molecule has 1 atom stereocenters. The lowest BCUT2D eigenvalue weighted by atomic mass is 10.0. The van der Waals surface area contributed by atoms with Gasteiger partial charge in [0.25, 0.3) is 0 Å². The average Bonchev–Trinajstić information content (AvgIpc) is 2.26. The maximum atomic E-state index is 13.2. The summed E-state index contributed by atoms with van der Waals surface area (Å²) in [6.07, 6.45) is 0. The smallest absolute Gasteiger partial charge is 0.123 e. The molecule has 0 aliphatic carbocycles. The predicted molar refractivity (Wildman–Crippen MR) is 68.6 cm³/mol. The van der Waals surface area contributed by atoms with Crippen LogP contribution in [0.4, 0.5) is 10.1 Å². The van der Waals surface area contributed by atoms with E-state index in [4.69, 9.17) is 10.8 Å². The molecule has 0 aliphatic rings. The summed E-state index contributed by atoms with van der Waals surface area (Å²) in [5, 5.41) is 9.08. The molecule has 0 heterocycles. The highest BCUT2D eigenvalue weighted by Gasteiger charge is 2.16. The molecule has 0 unspecified atom stereocenters. The summed E-state index contributed by atoms with van der Waals surface area (Å²) in [5.41, 5.74) is 7.53. The second-order valence-electron chi connectivity index (χ2n) is 4.50. The first-order valence-electron chi connectivity index (χ1n) is 5.90. The molecule has 4 heteroatoms. The Kier molecular flexibility index (Phi) is 4.90. The Balaban J connectivity index is 3.17. The largest absolute Gasteiger partial charge is 0.395 e. The number of halogens is 1. The van der Waals surface area contributed by atoms with Crippen LogP contribution in [-0.4, -0.2) is 24.3 Å². The van der Waals surface area contributed by atoms with Gasteiger partial charge in [0, 0.05) is 24.3 Å². The van der Waals surface area contributed by atoms with Crippen LogP contribution in [0.2, 0.25) is 0 Å². The average molecular weight is 240 g/mol. The van der Waals surface area contributed by atoms with Crippen molar-refractivity contribution < 1.29 is 9.50 Å². The van der Waals surface area contributed by atoms with Crippen molar-refractivity contribution in [3.63, 3.8) is 0 Å². The Labute approximate surface area is 102 Å². The van der Waals surface area contributed by atoms with Gasteiger partial charge in [-0.05, 0) is 44.5 Å². The minimum absolute atomic E-state index is 0.0634. The van der Waals surface area contributed by atoms with Crippen molar-refractivity contribution in [2.45, 2.75) is 32.9 Å². The number of rotatable bonds is 5. The Bertz CT molecular complexity index is 366. The molecule has 96 valence electrons. The fourth-order valence-corrected chi connectivity index (χ4v) is 1.92. The zero-order valence-corrected chi connectivity index (χ0v) is 10.7. The number of aliphatic hydroxyl groups excluding tert-OH is 1. The molecule has 0 bridgehead atoms. The summed E-state index contributed by atoms with van der Waals surface area (Å²) < 4.78 is 13.2. The van der Waals surface area contributed by atoms with Gasteiger partial charge in [-0.25, -0.2) is 4.39 Å². The van der Waals surface area contributed by atoms with Gasteiger partial charge in [-0.15, -0.1) is 0 Å². The number of aliphatic hydroxyl groups is 1. The van der Waals surface area contributed by atoms with Gasteiger partial charge in [0.1, 0.15) is 5.82 Å². The van der Waals surface area contributed by atoms with Crippen LogP contribution in [0.15, 0.2) is 18.2 Å². The maximum absolute atomic E-state index is 13.2. The van der Waals surface area contributed by atoms with Crippen LogP contribution in [0.5, 0.6) is 0 Å². The molecule has 0 fully saturated rings. The summed E-state index contributed by atoms with van der Waals surface area (Å²) in [6, 6.07) is 4.61. The first-order chi connectivity index (χ1) is 7.97. The van der Waals surface area contributed by atoms with Crippen LogP contribution in [0, 0.1) is 5.82 Å². The van der Waals surface area contributed by atoms with E-state index in [2.05, 4.69) is 0 Å². The first-order valence-corrected chi connectivity index (χ1v) is 5.90. The topological polar surface area (TPSA) is 49.5 Å². The summed E-state index contributed by atoms with van der Waals surface area (Å²) in [6.45, 7) is 6.47. The van der Waals surface area contributed by atoms with E-state index >= 15 is 0 Å². The number of benzene rings is 1. The minimum atomic E-state index is -0.284. The third-order valence-corrected chi connectivity index (χ3v) is 2.75.